The van der Waals surface area contributed by atoms with E-state index in [1.165, 1.54) is 0 Å². The third-order valence-corrected chi connectivity index (χ3v) is 5.44. The van der Waals surface area contributed by atoms with Gasteiger partial charge in [0.05, 0.1) is 13.7 Å². The van der Waals surface area contributed by atoms with Gasteiger partial charge in [-0.05, 0) is 44.9 Å². The number of benzene rings is 1. The standard InChI is InChI=1S/C21H31N3O5/c1-15(2)23-9-6-17(7-10-23)29-19-14-16(4-5-18(19)27-3)20(25)22-8-11-24-12-13-28-21(24)26/h4-5,14-15,17H,6-13H2,1-3H3,(H,22,25). The molecule has 0 bridgehead atoms. The highest BCUT2D eigenvalue weighted by molar-refractivity contribution is 5.94. The molecular formula is C21H31N3O5. The number of hydrogen-bond donors (Lipinski definition) is 1. The summed E-state index contributed by atoms with van der Waals surface area (Å²) in [6, 6.07) is 5.74. The Balaban J connectivity index is 1.56. The maximum Gasteiger partial charge on any atom is 0.409 e. The fraction of sp³-hybridized carbons (Fsp3) is 0.619. The lowest BCUT2D eigenvalue weighted by Crippen LogP contribution is -2.41. The van der Waals surface area contributed by atoms with E-state index in [1.807, 2.05) is 0 Å². The molecule has 0 spiro atoms. The number of rotatable bonds is 8. The second kappa shape index (κ2) is 9.82. The molecule has 1 aromatic carbocycles. The lowest BCUT2D eigenvalue weighted by Gasteiger charge is -2.34. The molecule has 0 aromatic heterocycles. The molecule has 2 aliphatic heterocycles. The topological polar surface area (TPSA) is 80.3 Å². The van der Waals surface area contributed by atoms with Crippen molar-refractivity contribution < 1.29 is 23.8 Å². The number of cyclic esters (lactones) is 1. The van der Waals surface area contributed by atoms with Crippen molar-refractivity contribution in [1.29, 1.82) is 0 Å². The van der Waals surface area contributed by atoms with Gasteiger partial charge in [-0.3, -0.25) is 4.79 Å². The minimum atomic E-state index is -0.331. The fourth-order valence-corrected chi connectivity index (χ4v) is 3.63. The van der Waals surface area contributed by atoms with Crippen LogP contribution in [0, 0.1) is 0 Å². The highest BCUT2D eigenvalue weighted by atomic mass is 16.6. The third kappa shape index (κ3) is 5.53. The van der Waals surface area contributed by atoms with Gasteiger partial charge in [0.25, 0.3) is 5.91 Å². The zero-order valence-corrected chi connectivity index (χ0v) is 17.5. The molecule has 2 heterocycles. The van der Waals surface area contributed by atoms with E-state index in [4.69, 9.17) is 14.2 Å². The minimum Gasteiger partial charge on any atom is -0.493 e. The first-order chi connectivity index (χ1) is 14.0. The highest BCUT2D eigenvalue weighted by Crippen LogP contribution is 2.31. The number of carbonyl (C=O) groups excluding carboxylic acids is 2. The predicted octanol–water partition coefficient (Wildman–Crippen LogP) is 2.13. The average molecular weight is 405 g/mol. The van der Waals surface area contributed by atoms with Crippen LogP contribution < -0.4 is 14.8 Å². The first kappa shape index (κ1) is 21.2. The number of carbonyl (C=O) groups is 2. The van der Waals surface area contributed by atoms with Gasteiger partial charge in [-0.15, -0.1) is 0 Å². The zero-order chi connectivity index (χ0) is 20.8. The number of piperidine rings is 1. The molecule has 3 rings (SSSR count). The Kier molecular flexibility index (Phi) is 7.19. The van der Waals surface area contributed by atoms with E-state index in [0.29, 0.717) is 49.3 Å². The number of amides is 2. The molecule has 1 N–H and O–H groups in total. The maximum absolute atomic E-state index is 12.5. The summed E-state index contributed by atoms with van der Waals surface area (Å²) >= 11 is 0. The smallest absolute Gasteiger partial charge is 0.409 e. The summed E-state index contributed by atoms with van der Waals surface area (Å²) in [4.78, 5) is 28.0. The average Bonchev–Trinajstić information content (AvgIpc) is 3.13. The van der Waals surface area contributed by atoms with Gasteiger partial charge < -0.3 is 29.3 Å². The molecule has 8 heteroatoms. The van der Waals surface area contributed by atoms with Gasteiger partial charge in [0.15, 0.2) is 11.5 Å². The van der Waals surface area contributed by atoms with Crippen LogP contribution in [-0.4, -0.2) is 80.4 Å². The Morgan fingerprint density at radius 2 is 2.00 bits per heavy atom. The van der Waals surface area contributed by atoms with Crippen LogP contribution in [0.15, 0.2) is 18.2 Å². The van der Waals surface area contributed by atoms with Crippen molar-refractivity contribution in [2.75, 3.05) is 46.4 Å². The Hall–Kier alpha value is -2.48. The van der Waals surface area contributed by atoms with Crippen molar-refractivity contribution in [3.05, 3.63) is 23.8 Å². The molecule has 2 fully saturated rings. The molecule has 29 heavy (non-hydrogen) atoms. The molecule has 0 saturated carbocycles. The van der Waals surface area contributed by atoms with Crippen molar-refractivity contribution in [3.63, 3.8) is 0 Å². The monoisotopic (exact) mass is 405 g/mol. The molecule has 2 saturated heterocycles. The summed E-state index contributed by atoms with van der Waals surface area (Å²) in [6.45, 7) is 8.18. The molecule has 0 unspecified atom stereocenters. The van der Waals surface area contributed by atoms with Crippen LogP contribution in [0.2, 0.25) is 0 Å². The largest absolute Gasteiger partial charge is 0.493 e. The Morgan fingerprint density at radius 1 is 1.24 bits per heavy atom. The first-order valence-corrected chi connectivity index (χ1v) is 10.3. The van der Waals surface area contributed by atoms with Crippen molar-refractivity contribution in [3.8, 4) is 11.5 Å². The zero-order valence-electron chi connectivity index (χ0n) is 17.5. The second-order valence-electron chi connectivity index (χ2n) is 7.67. The van der Waals surface area contributed by atoms with Crippen molar-refractivity contribution >= 4 is 12.0 Å². The SMILES string of the molecule is COc1ccc(C(=O)NCCN2CCOC2=O)cc1OC1CCN(C(C)C)CC1. The van der Waals surface area contributed by atoms with Gasteiger partial charge >= 0.3 is 6.09 Å². The summed E-state index contributed by atoms with van der Waals surface area (Å²) in [7, 11) is 1.60. The van der Waals surface area contributed by atoms with Gasteiger partial charge in [-0.25, -0.2) is 4.79 Å². The van der Waals surface area contributed by atoms with Crippen LogP contribution >= 0.6 is 0 Å². The van der Waals surface area contributed by atoms with Crippen molar-refractivity contribution in [2.45, 2.75) is 38.8 Å². The Morgan fingerprint density at radius 3 is 2.62 bits per heavy atom. The molecule has 2 amide bonds. The normalized spacial score (nSPS) is 18.1. The Bertz CT molecular complexity index is 716. The van der Waals surface area contributed by atoms with E-state index in [-0.39, 0.29) is 18.1 Å². The van der Waals surface area contributed by atoms with Crippen LogP contribution in [0.1, 0.15) is 37.0 Å². The summed E-state index contributed by atoms with van der Waals surface area (Å²) in [5.74, 6) is 0.999. The number of likely N-dealkylation sites (tertiary alicyclic amines) is 1. The second-order valence-corrected chi connectivity index (χ2v) is 7.67. The number of ether oxygens (including phenoxy) is 3. The lowest BCUT2D eigenvalue weighted by atomic mass is 10.1. The van der Waals surface area contributed by atoms with Crippen LogP contribution in [0.5, 0.6) is 11.5 Å². The quantitative estimate of drug-likeness (QED) is 0.714. The minimum absolute atomic E-state index is 0.110. The molecule has 0 aliphatic carbocycles. The molecule has 1 aromatic rings. The summed E-state index contributed by atoms with van der Waals surface area (Å²) in [5, 5.41) is 2.84. The van der Waals surface area contributed by atoms with E-state index in [9.17, 15) is 9.59 Å². The fourth-order valence-electron chi connectivity index (χ4n) is 3.63. The molecule has 2 aliphatic rings. The first-order valence-electron chi connectivity index (χ1n) is 10.3. The number of nitrogens with zero attached hydrogens (tertiary/aromatic N) is 2. The van der Waals surface area contributed by atoms with Crippen LogP contribution in [0.4, 0.5) is 4.79 Å². The maximum atomic E-state index is 12.5. The molecule has 0 radical (unpaired) electrons. The van der Waals surface area contributed by atoms with E-state index < -0.39 is 0 Å². The van der Waals surface area contributed by atoms with E-state index in [1.54, 1.807) is 30.2 Å². The summed E-state index contributed by atoms with van der Waals surface area (Å²) in [6.07, 6.45) is 1.68. The molecule has 160 valence electrons. The van der Waals surface area contributed by atoms with E-state index in [2.05, 4.69) is 24.1 Å². The van der Waals surface area contributed by atoms with Gasteiger partial charge in [-0.1, -0.05) is 0 Å². The van der Waals surface area contributed by atoms with Crippen molar-refractivity contribution in [1.82, 2.24) is 15.1 Å². The van der Waals surface area contributed by atoms with Crippen molar-refractivity contribution in [2.24, 2.45) is 0 Å². The molecular weight excluding hydrogens is 374 g/mol. The Labute approximate surface area is 172 Å². The predicted molar refractivity (Wildman–Crippen MR) is 109 cm³/mol. The van der Waals surface area contributed by atoms with Gasteiger partial charge in [0.1, 0.15) is 12.7 Å². The van der Waals surface area contributed by atoms with E-state index in [0.717, 1.165) is 25.9 Å². The summed E-state index contributed by atoms with van der Waals surface area (Å²) in [5.41, 5.74) is 0.504. The summed E-state index contributed by atoms with van der Waals surface area (Å²) < 4.78 is 16.5. The molecule has 0 atom stereocenters. The van der Waals surface area contributed by atoms with Crippen LogP contribution in [-0.2, 0) is 4.74 Å². The number of hydrogen-bond acceptors (Lipinski definition) is 6. The van der Waals surface area contributed by atoms with Gasteiger partial charge in [-0.2, -0.15) is 0 Å². The van der Waals surface area contributed by atoms with E-state index >= 15 is 0 Å². The highest BCUT2D eigenvalue weighted by Gasteiger charge is 2.24. The third-order valence-electron chi connectivity index (χ3n) is 5.44. The van der Waals surface area contributed by atoms with Crippen LogP contribution in [0.3, 0.4) is 0 Å². The van der Waals surface area contributed by atoms with Gasteiger partial charge in [0.2, 0.25) is 0 Å². The lowest BCUT2D eigenvalue weighted by molar-refractivity contribution is 0.0819. The number of methoxy groups -OCH3 is 1. The van der Waals surface area contributed by atoms with Gasteiger partial charge in [0, 0.05) is 37.8 Å². The number of nitrogens with one attached hydrogen (secondary N) is 1. The molecule has 8 nitrogen and oxygen atoms in total. The van der Waals surface area contributed by atoms with Crippen LogP contribution in [0.25, 0.3) is 0 Å².